The summed E-state index contributed by atoms with van der Waals surface area (Å²) in [6, 6.07) is 4.54. The van der Waals surface area contributed by atoms with Crippen LogP contribution >= 0.6 is 0 Å². The molecule has 0 heterocycles. The predicted molar refractivity (Wildman–Crippen MR) is 57.1 cm³/mol. The lowest BCUT2D eigenvalue weighted by molar-refractivity contribution is -0.131. The average molecular weight is 221 g/mol. The molecule has 0 radical (unpaired) electrons. The van der Waals surface area contributed by atoms with Gasteiger partial charge in [-0.2, -0.15) is 0 Å². The monoisotopic (exact) mass is 221 g/mol. The molecular weight excluding hydrogens is 210 g/mol. The van der Waals surface area contributed by atoms with Crippen LogP contribution in [-0.2, 0) is 4.79 Å². The van der Waals surface area contributed by atoms with E-state index in [0.717, 1.165) is 0 Å². The molecule has 0 amide bonds. The van der Waals surface area contributed by atoms with E-state index in [1.165, 1.54) is 32.2 Å². The summed E-state index contributed by atoms with van der Waals surface area (Å²) >= 11 is 0. The molecule has 0 saturated carbocycles. The Kier molecular flexibility index (Phi) is 3.77. The van der Waals surface area contributed by atoms with Crippen molar-refractivity contribution in [3.8, 4) is 5.75 Å². The van der Waals surface area contributed by atoms with Gasteiger partial charge >= 0.3 is 5.97 Å². The summed E-state index contributed by atoms with van der Waals surface area (Å²) in [5, 5.41) is 11.2. The fourth-order valence-corrected chi connectivity index (χ4v) is 1.21. The zero-order valence-electron chi connectivity index (χ0n) is 8.93. The van der Waals surface area contributed by atoms with Gasteiger partial charge < -0.3 is 9.94 Å². The van der Waals surface area contributed by atoms with E-state index in [-0.39, 0.29) is 17.1 Å². The number of Topliss-reactive ketones (excluding diaryl/α,β-unsaturated/α-hetero) is 1. The summed E-state index contributed by atoms with van der Waals surface area (Å²) < 4.78 is 4.87. The van der Waals surface area contributed by atoms with Crippen LogP contribution in [0.1, 0.15) is 29.8 Å². The predicted octanol–water partition coefficient (Wildman–Crippen LogP) is 1.62. The molecule has 0 aliphatic heterocycles. The van der Waals surface area contributed by atoms with Crippen LogP contribution in [0.15, 0.2) is 23.4 Å². The van der Waals surface area contributed by atoms with Gasteiger partial charge in [0.05, 0.1) is 11.8 Å². The molecule has 0 aromatic heterocycles. The normalized spacial score (nSPS) is 10.4. The molecule has 1 N–H and O–H groups in total. The summed E-state index contributed by atoms with van der Waals surface area (Å²) in [5.74, 6) is -0.523. The number of nitrogens with zero attached hydrogens (tertiary/aromatic N) is 1. The van der Waals surface area contributed by atoms with Crippen molar-refractivity contribution in [1.82, 2.24) is 0 Å². The van der Waals surface area contributed by atoms with E-state index in [4.69, 9.17) is 9.94 Å². The zero-order valence-corrected chi connectivity index (χ0v) is 8.93. The van der Waals surface area contributed by atoms with Crippen molar-refractivity contribution in [3.63, 3.8) is 0 Å². The molecular formula is C11H11NO4. The standard InChI is InChI=1S/C11H11NO4/c1-7(13)10-5-9(6-12-15)3-4-11(10)16-8(2)14/h3-6,15H,1-2H3/b12-6+. The number of hydrogen-bond acceptors (Lipinski definition) is 5. The zero-order chi connectivity index (χ0) is 12.1. The minimum absolute atomic E-state index is 0.204. The highest BCUT2D eigenvalue weighted by molar-refractivity contribution is 5.99. The number of carbonyl (C=O) groups is 2. The topological polar surface area (TPSA) is 76.0 Å². The van der Waals surface area contributed by atoms with Gasteiger partial charge in [-0.3, -0.25) is 9.59 Å². The van der Waals surface area contributed by atoms with Crippen LogP contribution in [0.25, 0.3) is 0 Å². The van der Waals surface area contributed by atoms with Crippen LogP contribution < -0.4 is 4.74 Å². The third kappa shape index (κ3) is 2.91. The number of hydrogen-bond donors (Lipinski definition) is 1. The molecule has 5 heteroatoms. The molecule has 1 rings (SSSR count). The van der Waals surface area contributed by atoms with E-state index in [9.17, 15) is 9.59 Å². The van der Waals surface area contributed by atoms with E-state index in [1.54, 1.807) is 6.07 Å². The van der Waals surface area contributed by atoms with Crippen LogP contribution in [0.3, 0.4) is 0 Å². The maximum Gasteiger partial charge on any atom is 0.308 e. The molecule has 0 atom stereocenters. The summed E-state index contributed by atoms with van der Waals surface area (Å²) in [7, 11) is 0. The van der Waals surface area contributed by atoms with Gasteiger partial charge in [0.15, 0.2) is 5.78 Å². The number of rotatable bonds is 3. The molecule has 84 valence electrons. The van der Waals surface area contributed by atoms with Gasteiger partial charge in [-0.1, -0.05) is 5.16 Å². The maximum atomic E-state index is 11.3. The van der Waals surface area contributed by atoms with Crippen molar-refractivity contribution in [2.24, 2.45) is 5.16 Å². The number of benzene rings is 1. The van der Waals surface area contributed by atoms with Gasteiger partial charge in [-0.25, -0.2) is 0 Å². The van der Waals surface area contributed by atoms with Crippen molar-refractivity contribution in [3.05, 3.63) is 29.3 Å². The molecule has 0 aliphatic carbocycles. The van der Waals surface area contributed by atoms with Crippen LogP contribution in [-0.4, -0.2) is 23.2 Å². The molecule has 1 aromatic carbocycles. The second-order valence-corrected chi connectivity index (χ2v) is 3.15. The van der Waals surface area contributed by atoms with Gasteiger partial charge in [0.1, 0.15) is 5.75 Å². The van der Waals surface area contributed by atoms with Crippen molar-refractivity contribution < 1.29 is 19.5 Å². The van der Waals surface area contributed by atoms with Crippen LogP contribution in [0.2, 0.25) is 0 Å². The highest BCUT2D eigenvalue weighted by Crippen LogP contribution is 2.20. The highest BCUT2D eigenvalue weighted by Gasteiger charge is 2.10. The number of ether oxygens (including phenoxy) is 1. The Bertz CT molecular complexity index is 451. The van der Waals surface area contributed by atoms with Crippen LogP contribution in [0, 0.1) is 0 Å². The molecule has 0 bridgehead atoms. The number of oxime groups is 1. The fraction of sp³-hybridized carbons (Fsp3) is 0.182. The van der Waals surface area contributed by atoms with Gasteiger partial charge in [0, 0.05) is 6.92 Å². The smallest absolute Gasteiger partial charge is 0.308 e. The first-order chi connectivity index (χ1) is 7.54. The van der Waals surface area contributed by atoms with E-state index in [1.807, 2.05) is 0 Å². The van der Waals surface area contributed by atoms with E-state index in [2.05, 4.69) is 5.16 Å². The lowest BCUT2D eigenvalue weighted by atomic mass is 10.1. The van der Waals surface area contributed by atoms with E-state index in [0.29, 0.717) is 5.56 Å². The van der Waals surface area contributed by atoms with E-state index >= 15 is 0 Å². The van der Waals surface area contributed by atoms with E-state index < -0.39 is 5.97 Å². The van der Waals surface area contributed by atoms with Crippen LogP contribution in [0.4, 0.5) is 0 Å². The van der Waals surface area contributed by atoms with Gasteiger partial charge in [-0.05, 0) is 30.7 Å². The Morgan fingerprint density at radius 2 is 2.06 bits per heavy atom. The molecule has 0 fully saturated rings. The number of carbonyl (C=O) groups excluding carboxylic acids is 2. The first kappa shape index (κ1) is 11.9. The minimum atomic E-state index is -0.494. The van der Waals surface area contributed by atoms with Crippen molar-refractivity contribution in [2.75, 3.05) is 0 Å². The van der Waals surface area contributed by atoms with Crippen molar-refractivity contribution >= 4 is 18.0 Å². The molecule has 0 spiro atoms. The second kappa shape index (κ2) is 5.06. The Balaban J connectivity index is 3.19. The second-order valence-electron chi connectivity index (χ2n) is 3.15. The number of ketones is 1. The molecule has 0 unspecified atom stereocenters. The minimum Gasteiger partial charge on any atom is -0.426 e. The third-order valence-corrected chi connectivity index (χ3v) is 1.84. The quantitative estimate of drug-likeness (QED) is 0.210. The fourth-order valence-electron chi connectivity index (χ4n) is 1.21. The summed E-state index contributed by atoms with van der Waals surface area (Å²) in [6.45, 7) is 2.62. The first-order valence-electron chi connectivity index (χ1n) is 4.55. The number of esters is 1. The van der Waals surface area contributed by atoms with Gasteiger partial charge in [0.25, 0.3) is 0 Å². The molecule has 0 saturated heterocycles. The Hall–Kier alpha value is -2.17. The van der Waals surface area contributed by atoms with Gasteiger partial charge in [-0.15, -0.1) is 0 Å². The first-order valence-corrected chi connectivity index (χ1v) is 4.55. The summed E-state index contributed by atoms with van der Waals surface area (Å²) in [4.78, 5) is 22.1. The summed E-state index contributed by atoms with van der Waals surface area (Å²) in [5.41, 5.74) is 0.816. The Morgan fingerprint density at radius 1 is 1.38 bits per heavy atom. The Labute approximate surface area is 92.3 Å². The molecule has 16 heavy (non-hydrogen) atoms. The van der Waals surface area contributed by atoms with Crippen LogP contribution in [0.5, 0.6) is 5.75 Å². The SMILES string of the molecule is CC(=O)Oc1ccc(/C=N/O)cc1C(C)=O. The maximum absolute atomic E-state index is 11.3. The largest absolute Gasteiger partial charge is 0.426 e. The molecule has 0 aliphatic rings. The third-order valence-electron chi connectivity index (χ3n) is 1.84. The van der Waals surface area contributed by atoms with Crippen molar-refractivity contribution in [1.29, 1.82) is 0 Å². The Morgan fingerprint density at radius 3 is 2.56 bits per heavy atom. The average Bonchev–Trinajstić information content (AvgIpc) is 2.19. The van der Waals surface area contributed by atoms with Gasteiger partial charge in [0.2, 0.25) is 0 Å². The molecule has 1 aromatic rings. The highest BCUT2D eigenvalue weighted by atomic mass is 16.5. The summed E-state index contributed by atoms with van der Waals surface area (Å²) in [6.07, 6.45) is 1.18. The lowest BCUT2D eigenvalue weighted by Gasteiger charge is -2.06. The lowest BCUT2D eigenvalue weighted by Crippen LogP contribution is -2.06. The molecule has 5 nitrogen and oxygen atoms in total. The van der Waals surface area contributed by atoms with Crippen molar-refractivity contribution in [2.45, 2.75) is 13.8 Å².